The second kappa shape index (κ2) is 7.09. The second-order valence-corrected chi connectivity index (χ2v) is 5.45. The third-order valence-corrected chi connectivity index (χ3v) is 3.88. The zero-order chi connectivity index (χ0) is 17.8. The van der Waals surface area contributed by atoms with Crippen LogP contribution in [0.3, 0.4) is 0 Å². The summed E-state index contributed by atoms with van der Waals surface area (Å²) in [5.74, 6) is 0.937. The molecule has 1 N–H and O–H groups in total. The molecule has 0 unspecified atom stereocenters. The van der Waals surface area contributed by atoms with Gasteiger partial charge in [0.15, 0.2) is 0 Å². The van der Waals surface area contributed by atoms with Gasteiger partial charge in [-0.2, -0.15) is 0 Å². The quantitative estimate of drug-likeness (QED) is 0.776. The SMILES string of the molecule is COc1ccc2c(=O)n(CC(=O)Nc3ccccc3OC)ccc2c1. The lowest BCUT2D eigenvalue weighted by atomic mass is 10.1. The van der Waals surface area contributed by atoms with Crippen LogP contribution in [0.4, 0.5) is 5.69 Å². The van der Waals surface area contributed by atoms with E-state index in [0.717, 1.165) is 5.39 Å². The molecule has 1 aromatic heterocycles. The van der Waals surface area contributed by atoms with Crippen molar-refractivity contribution in [2.24, 2.45) is 0 Å². The van der Waals surface area contributed by atoms with Crippen LogP contribution >= 0.6 is 0 Å². The van der Waals surface area contributed by atoms with E-state index in [4.69, 9.17) is 9.47 Å². The van der Waals surface area contributed by atoms with Crippen molar-refractivity contribution in [1.82, 2.24) is 4.57 Å². The minimum atomic E-state index is -0.306. The molecule has 0 radical (unpaired) electrons. The number of rotatable bonds is 5. The van der Waals surface area contributed by atoms with Gasteiger partial charge in [0, 0.05) is 11.6 Å². The van der Waals surface area contributed by atoms with Crippen molar-refractivity contribution >= 4 is 22.4 Å². The van der Waals surface area contributed by atoms with Gasteiger partial charge in [-0.15, -0.1) is 0 Å². The van der Waals surface area contributed by atoms with Crippen LogP contribution in [0.15, 0.2) is 59.5 Å². The van der Waals surface area contributed by atoms with Gasteiger partial charge in [-0.3, -0.25) is 9.59 Å². The number of amides is 1. The molecule has 6 nitrogen and oxygen atoms in total. The highest BCUT2D eigenvalue weighted by molar-refractivity contribution is 5.92. The Morgan fingerprint density at radius 2 is 1.88 bits per heavy atom. The molecule has 2 aromatic carbocycles. The number of para-hydroxylation sites is 2. The Labute approximate surface area is 144 Å². The summed E-state index contributed by atoms with van der Waals surface area (Å²) >= 11 is 0. The monoisotopic (exact) mass is 338 g/mol. The van der Waals surface area contributed by atoms with Crippen molar-refractivity contribution < 1.29 is 14.3 Å². The average molecular weight is 338 g/mol. The largest absolute Gasteiger partial charge is 0.497 e. The molecule has 0 aliphatic carbocycles. The normalized spacial score (nSPS) is 10.5. The van der Waals surface area contributed by atoms with Crippen LogP contribution in [0.1, 0.15) is 0 Å². The van der Waals surface area contributed by atoms with Gasteiger partial charge in [0.05, 0.1) is 19.9 Å². The van der Waals surface area contributed by atoms with Gasteiger partial charge in [0.25, 0.3) is 5.56 Å². The zero-order valence-corrected chi connectivity index (χ0v) is 14.0. The van der Waals surface area contributed by atoms with Gasteiger partial charge in [-0.05, 0) is 41.8 Å². The lowest BCUT2D eigenvalue weighted by Crippen LogP contribution is -2.27. The van der Waals surface area contributed by atoms with Crippen molar-refractivity contribution in [3.8, 4) is 11.5 Å². The molecule has 0 aliphatic rings. The summed E-state index contributed by atoms with van der Waals surface area (Å²) in [7, 11) is 3.11. The zero-order valence-electron chi connectivity index (χ0n) is 14.0. The van der Waals surface area contributed by atoms with Gasteiger partial charge in [0.2, 0.25) is 5.91 Å². The molecule has 3 rings (SSSR count). The summed E-state index contributed by atoms with van der Waals surface area (Å²) < 4.78 is 11.7. The van der Waals surface area contributed by atoms with Crippen molar-refractivity contribution in [2.45, 2.75) is 6.54 Å². The van der Waals surface area contributed by atoms with Crippen LogP contribution in [-0.2, 0) is 11.3 Å². The Hall–Kier alpha value is -3.28. The van der Waals surface area contributed by atoms with Gasteiger partial charge in [-0.25, -0.2) is 0 Å². The van der Waals surface area contributed by atoms with E-state index < -0.39 is 0 Å². The molecule has 0 fully saturated rings. The first-order valence-corrected chi connectivity index (χ1v) is 7.72. The van der Waals surface area contributed by atoms with Crippen molar-refractivity contribution in [3.05, 3.63) is 65.1 Å². The van der Waals surface area contributed by atoms with Gasteiger partial charge in [0.1, 0.15) is 18.0 Å². The number of hydrogen-bond donors (Lipinski definition) is 1. The van der Waals surface area contributed by atoms with E-state index in [2.05, 4.69) is 5.32 Å². The Morgan fingerprint density at radius 3 is 2.64 bits per heavy atom. The lowest BCUT2D eigenvalue weighted by Gasteiger charge is -2.11. The topological polar surface area (TPSA) is 69.6 Å². The number of benzene rings is 2. The van der Waals surface area contributed by atoms with E-state index >= 15 is 0 Å². The molecule has 3 aromatic rings. The highest BCUT2D eigenvalue weighted by Gasteiger charge is 2.10. The molecule has 0 saturated heterocycles. The van der Waals surface area contributed by atoms with Crippen molar-refractivity contribution in [1.29, 1.82) is 0 Å². The Morgan fingerprint density at radius 1 is 1.08 bits per heavy atom. The molecule has 128 valence electrons. The predicted octanol–water partition coefficient (Wildman–Crippen LogP) is 2.66. The van der Waals surface area contributed by atoms with Gasteiger partial charge >= 0.3 is 0 Å². The smallest absolute Gasteiger partial charge is 0.258 e. The van der Waals surface area contributed by atoms with E-state index in [-0.39, 0.29) is 18.0 Å². The molecule has 0 spiro atoms. The molecular weight excluding hydrogens is 320 g/mol. The van der Waals surface area contributed by atoms with Crippen LogP contribution in [0, 0.1) is 0 Å². The average Bonchev–Trinajstić information content (AvgIpc) is 2.64. The van der Waals surface area contributed by atoms with Crippen LogP contribution < -0.4 is 20.3 Å². The summed E-state index contributed by atoms with van der Waals surface area (Å²) in [6.07, 6.45) is 1.60. The van der Waals surface area contributed by atoms with Crippen LogP contribution in [0.5, 0.6) is 11.5 Å². The first kappa shape index (κ1) is 16.6. The van der Waals surface area contributed by atoms with Crippen LogP contribution in [0.2, 0.25) is 0 Å². The third-order valence-electron chi connectivity index (χ3n) is 3.88. The minimum Gasteiger partial charge on any atom is -0.497 e. The number of nitrogens with one attached hydrogen (secondary N) is 1. The maximum atomic E-state index is 12.6. The second-order valence-electron chi connectivity index (χ2n) is 5.45. The molecule has 1 heterocycles. The number of methoxy groups -OCH3 is 2. The fraction of sp³-hybridized carbons (Fsp3) is 0.158. The number of pyridine rings is 1. The molecular formula is C19H18N2O4. The number of hydrogen-bond acceptors (Lipinski definition) is 4. The Kier molecular flexibility index (Phi) is 4.70. The number of carbonyl (C=O) groups excluding carboxylic acids is 1. The summed E-state index contributed by atoms with van der Waals surface area (Å²) in [5.41, 5.74) is 0.337. The van der Waals surface area contributed by atoms with Crippen molar-refractivity contribution in [2.75, 3.05) is 19.5 Å². The highest BCUT2D eigenvalue weighted by Crippen LogP contribution is 2.23. The number of anilines is 1. The number of carbonyl (C=O) groups is 1. The van der Waals surface area contributed by atoms with Crippen LogP contribution in [-0.4, -0.2) is 24.7 Å². The van der Waals surface area contributed by atoms with Gasteiger partial charge in [-0.1, -0.05) is 12.1 Å². The van der Waals surface area contributed by atoms with Crippen LogP contribution in [0.25, 0.3) is 10.8 Å². The molecule has 1 amide bonds. The predicted molar refractivity (Wildman–Crippen MR) is 96.4 cm³/mol. The van der Waals surface area contributed by atoms with E-state index in [1.165, 1.54) is 11.7 Å². The Balaban J connectivity index is 1.84. The maximum absolute atomic E-state index is 12.6. The Bertz CT molecular complexity index is 979. The molecule has 6 heteroatoms. The standard InChI is InChI=1S/C19H18N2O4/c1-24-14-7-8-15-13(11-14)9-10-21(19(15)23)12-18(22)20-16-5-3-4-6-17(16)25-2/h3-11H,12H2,1-2H3,(H,20,22). The molecule has 0 atom stereocenters. The fourth-order valence-corrected chi connectivity index (χ4v) is 2.61. The molecule has 0 bridgehead atoms. The molecule has 25 heavy (non-hydrogen) atoms. The van der Waals surface area contributed by atoms with Crippen molar-refractivity contribution in [3.63, 3.8) is 0 Å². The number of aromatic nitrogens is 1. The maximum Gasteiger partial charge on any atom is 0.258 e. The van der Waals surface area contributed by atoms with E-state index in [9.17, 15) is 9.59 Å². The summed E-state index contributed by atoms with van der Waals surface area (Å²) in [5, 5.41) is 4.06. The number of nitrogens with zero attached hydrogens (tertiary/aromatic N) is 1. The van der Waals surface area contributed by atoms with Gasteiger partial charge < -0.3 is 19.4 Å². The first-order valence-electron chi connectivity index (χ1n) is 7.72. The fourth-order valence-electron chi connectivity index (χ4n) is 2.61. The summed E-state index contributed by atoms with van der Waals surface area (Å²) in [4.78, 5) is 24.8. The third kappa shape index (κ3) is 3.47. The molecule has 0 aliphatic heterocycles. The summed E-state index contributed by atoms with van der Waals surface area (Å²) in [6.45, 7) is -0.0845. The summed E-state index contributed by atoms with van der Waals surface area (Å²) in [6, 6.07) is 14.1. The van der Waals surface area contributed by atoms with E-state index in [0.29, 0.717) is 22.6 Å². The van der Waals surface area contributed by atoms with E-state index in [1.807, 2.05) is 6.07 Å². The highest BCUT2D eigenvalue weighted by atomic mass is 16.5. The molecule has 0 saturated carbocycles. The van der Waals surface area contributed by atoms with E-state index in [1.54, 1.807) is 55.8 Å². The number of ether oxygens (including phenoxy) is 2. The minimum absolute atomic E-state index is 0.0845. The first-order chi connectivity index (χ1) is 12.1. The number of fused-ring (bicyclic) bond motifs is 1. The lowest BCUT2D eigenvalue weighted by molar-refractivity contribution is -0.116.